The fourth-order valence-electron chi connectivity index (χ4n) is 3.07. The molecule has 0 bridgehead atoms. The summed E-state index contributed by atoms with van der Waals surface area (Å²) in [5.74, 6) is -0.370. The van der Waals surface area contributed by atoms with Gasteiger partial charge in [-0.15, -0.1) is 0 Å². The van der Waals surface area contributed by atoms with E-state index in [4.69, 9.17) is 4.74 Å². The Balaban J connectivity index is 1.99. The summed E-state index contributed by atoms with van der Waals surface area (Å²) in [7, 11) is 0. The topological polar surface area (TPSA) is 79.9 Å². The molecule has 2 aliphatic rings. The van der Waals surface area contributed by atoms with Gasteiger partial charge in [-0.05, 0) is 13.0 Å². The number of rotatable bonds is 4. The molecule has 0 aromatic heterocycles. The highest BCUT2D eigenvalue weighted by molar-refractivity contribution is 5.98. The molecule has 0 aliphatic carbocycles. The maximum atomic E-state index is 13.0. The van der Waals surface area contributed by atoms with Crippen molar-refractivity contribution in [1.82, 2.24) is 15.5 Å². The van der Waals surface area contributed by atoms with Crippen LogP contribution in [0.2, 0.25) is 0 Å². The number of nitrogens with zero attached hydrogens (tertiary/aromatic N) is 1. The van der Waals surface area contributed by atoms with Crippen LogP contribution in [0.25, 0.3) is 0 Å². The standard InChI is InChI=1S/C17H19F2N3O4/c1-10-13(15(23)22-6-8-25-9-7-22)14(21-17(24)20-10)11-4-2-3-5-12(11)26-16(18)19/h2-5,14,16H,6-9H2,1H3,(H2,20,21,24). The van der Waals surface area contributed by atoms with E-state index in [0.29, 0.717) is 37.6 Å². The molecule has 9 heteroatoms. The molecule has 1 saturated heterocycles. The Hall–Kier alpha value is -2.68. The minimum atomic E-state index is -3.02. The van der Waals surface area contributed by atoms with Crippen LogP contribution >= 0.6 is 0 Å². The predicted molar refractivity (Wildman–Crippen MR) is 87.6 cm³/mol. The maximum absolute atomic E-state index is 13.0. The lowest BCUT2D eigenvalue weighted by molar-refractivity contribution is -0.131. The highest BCUT2D eigenvalue weighted by Crippen LogP contribution is 2.34. The summed E-state index contributed by atoms with van der Waals surface area (Å²) in [5.41, 5.74) is 0.956. The van der Waals surface area contributed by atoms with Gasteiger partial charge in [0.2, 0.25) is 0 Å². The molecule has 3 rings (SSSR count). The van der Waals surface area contributed by atoms with Crippen molar-refractivity contribution >= 4 is 11.9 Å². The molecule has 1 aromatic carbocycles. The van der Waals surface area contributed by atoms with E-state index >= 15 is 0 Å². The molecule has 1 unspecified atom stereocenters. The number of allylic oxidation sites excluding steroid dienone is 1. The molecule has 0 saturated carbocycles. The monoisotopic (exact) mass is 367 g/mol. The zero-order valence-corrected chi connectivity index (χ0v) is 14.1. The average Bonchev–Trinajstić information content (AvgIpc) is 2.61. The minimum absolute atomic E-state index is 0.0882. The van der Waals surface area contributed by atoms with Gasteiger partial charge in [0.05, 0.1) is 24.8 Å². The first-order chi connectivity index (χ1) is 12.5. The molecule has 0 radical (unpaired) electrons. The van der Waals surface area contributed by atoms with E-state index in [1.165, 1.54) is 6.07 Å². The van der Waals surface area contributed by atoms with Crippen LogP contribution in [0.15, 0.2) is 35.5 Å². The molecular weight excluding hydrogens is 348 g/mol. The number of alkyl halides is 2. The van der Waals surface area contributed by atoms with Gasteiger partial charge in [-0.2, -0.15) is 8.78 Å². The van der Waals surface area contributed by atoms with Gasteiger partial charge in [0.15, 0.2) is 0 Å². The van der Waals surface area contributed by atoms with Crippen molar-refractivity contribution in [2.45, 2.75) is 19.6 Å². The zero-order valence-electron chi connectivity index (χ0n) is 14.1. The Labute approximate surface area is 148 Å². The van der Waals surface area contributed by atoms with E-state index in [-0.39, 0.29) is 17.2 Å². The normalized spacial score (nSPS) is 20.7. The Kier molecular flexibility index (Phi) is 5.36. The smallest absolute Gasteiger partial charge is 0.387 e. The first-order valence-corrected chi connectivity index (χ1v) is 8.16. The van der Waals surface area contributed by atoms with Crippen molar-refractivity contribution in [1.29, 1.82) is 0 Å². The Morgan fingerprint density at radius 2 is 2.00 bits per heavy atom. The van der Waals surface area contributed by atoms with Gasteiger partial charge >= 0.3 is 12.6 Å². The number of nitrogens with one attached hydrogen (secondary N) is 2. The largest absolute Gasteiger partial charge is 0.434 e. The zero-order chi connectivity index (χ0) is 18.7. The second-order valence-electron chi connectivity index (χ2n) is 5.89. The first-order valence-electron chi connectivity index (χ1n) is 8.16. The molecule has 2 aliphatic heterocycles. The van der Waals surface area contributed by atoms with Gasteiger partial charge in [-0.3, -0.25) is 4.79 Å². The fourth-order valence-corrected chi connectivity index (χ4v) is 3.07. The summed E-state index contributed by atoms with van der Waals surface area (Å²) in [4.78, 5) is 26.6. The molecule has 140 valence electrons. The third-order valence-electron chi connectivity index (χ3n) is 4.24. The van der Waals surface area contributed by atoms with E-state index in [1.54, 1.807) is 30.0 Å². The van der Waals surface area contributed by atoms with Gasteiger partial charge in [0.25, 0.3) is 5.91 Å². The van der Waals surface area contributed by atoms with Crippen LogP contribution in [0.1, 0.15) is 18.5 Å². The molecule has 2 heterocycles. The van der Waals surface area contributed by atoms with Crippen molar-refractivity contribution in [3.63, 3.8) is 0 Å². The highest BCUT2D eigenvalue weighted by Gasteiger charge is 2.35. The first kappa shape index (κ1) is 18.1. The van der Waals surface area contributed by atoms with Crippen molar-refractivity contribution in [3.8, 4) is 5.75 Å². The van der Waals surface area contributed by atoms with Gasteiger partial charge in [0.1, 0.15) is 5.75 Å². The molecule has 7 nitrogen and oxygen atoms in total. The summed E-state index contributed by atoms with van der Waals surface area (Å²) >= 11 is 0. The minimum Gasteiger partial charge on any atom is -0.434 e. The van der Waals surface area contributed by atoms with Crippen molar-refractivity contribution < 1.29 is 27.8 Å². The van der Waals surface area contributed by atoms with Crippen LogP contribution in [0, 0.1) is 0 Å². The number of carbonyl (C=O) groups is 2. The second kappa shape index (κ2) is 7.69. The number of morpholine rings is 1. The van der Waals surface area contributed by atoms with E-state index in [9.17, 15) is 18.4 Å². The van der Waals surface area contributed by atoms with E-state index in [2.05, 4.69) is 15.4 Å². The Bertz CT molecular complexity index is 732. The quantitative estimate of drug-likeness (QED) is 0.850. The van der Waals surface area contributed by atoms with Crippen LogP contribution < -0.4 is 15.4 Å². The van der Waals surface area contributed by atoms with Gasteiger partial charge < -0.3 is 25.0 Å². The van der Waals surface area contributed by atoms with Crippen molar-refractivity contribution in [2.75, 3.05) is 26.3 Å². The maximum Gasteiger partial charge on any atom is 0.387 e. The molecule has 26 heavy (non-hydrogen) atoms. The van der Waals surface area contributed by atoms with Crippen LogP contribution in [-0.4, -0.2) is 49.8 Å². The fraction of sp³-hybridized carbons (Fsp3) is 0.412. The molecule has 1 fully saturated rings. The van der Waals surface area contributed by atoms with Crippen LogP contribution in [0.5, 0.6) is 5.75 Å². The number of carbonyl (C=O) groups excluding carboxylic acids is 2. The van der Waals surface area contributed by atoms with E-state index in [0.717, 1.165) is 0 Å². The number of amides is 3. The van der Waals surface area contributed by atoms with Crippen LogP contribution in [-0.2, 0) is 9.53 Å². The third kappa shape index (κ3) is 3.77. The van der Waals surface area contributed by atoms with E-state index in [1.807, 2.05) is 0 Å². The molecule has 0 spiro atoms. The highest BCUT2D eigenvalue weighted by atomic mass is 19.3. The SMILES string of the molecule is CC1=C(C(=O)N2CCOCC2)C(c2ccccc2OC(F)F)NC(=O)N1. The lowest BCUT2D eigenvalue weighted by Crippen LogP contribution is -2.49. The number of benzene rings is 1. The number of urea groups is 1. The van der Waals surface area contributed by atoms with Crippen molar-refractivity contribution in [3.05, 3.63) is 41.1 Å². The summed E-state index contributed by atoms with van der Waals surface area (Å²) in [6.07, 6.45) is 0. The Morgan fingerprint density at radius 1 is 1.31 bits per heavy atom. The van der Waals surface area contributed by atoms with Crippen LogP contribution in [0.3, 0.4) is 0 Å². The number of para-hydroxylation sites is 1. The van der Waals surface area contributed by atoms with Crippen molar-refractivity contribution in [2.24, 2.45) is 0 Å². The molecule has 2 N–H and O–H groups in total. The molecule has 1 aromatic rings. The number of ether oxygens (including phenoxy) is 2. The summed E-state index contributed by atoms with van der Waals surface area (Å²) < 4.78 is 35.3. The molecule has 1 atom stereocenters. The van der Waals surface area contributed by atoms with Crippen LogP contribution in [0.4, 0.5) is 13.6 Å². The predicted octanol–water partition coefficient (Wildman–Crippen LogP) is 1.77. The van der Waals surface area contributed by atoms with Gasteiger partial charge in [-0.1, -0.05) is 18.2 Å². The second-order valence-corrected chi connectivity index (χ2v) is 5.89. The summed E-state index contributed by atoms with van der Waals surface area (Å²) in [6.45, 7) is 0.283. The lowest BCUT2D eigenvalue weighted by atomic mass is 9.93. The number of halogens is 2. The molecule has 3 amide bonds. The van der Waals surface area contributed by atoms with Gasteiger partial charge in [-0.25, -0.2) is 4.79 Å². The lowest BCUT2D eigenvalue weighted by Gasteiger charge is -2.34. The average molecular weight is 367 g/mol. The number of hydrogen-bond acceptors (Lipinski definition) is 4. The summed E-state index contributed by atoms with van der Waals surface area (Å²) in [5, 5.41) is 5.21. The Morgan fingerprint density at radius 3 is 2.69 bits per heavy atom. The van der Waals surface area contributed by atoms with Gasteiger partial charge in [0, 0.05) is 24.4 Å². The molecular formula is C17H19F2N3O4. The van der Waals surface area contributed by atoms with E-state index < -0.39 is 18.7 Å². The third-order valence-corrected chi connectivity index (χ3v) is 4.24. The summed E-state index contributed by atoms with van der Waals surface area (Å²) in [6, 6.07) is 4.69. The number of hydrogen-bond donors (Lipinski definition) is 2.